The molecule has 0 saturated heterocycles. The Morgan fingerprint density at radius 1 is 1.32 bits per heavy atom. The Hall–Kier alpha value is -0.880. The van der Waals surface area contributed by atoms with Crippen LogP contribution < -0.4 is 9.64 Å². The predicted molar refractivity (Wildman–Crippen MR) is 80.3 cm³/mol. The van der Waals surface area contributed by atoms with E-state index in [1.165, 1.54) is 6.33 Å². The van der Waals surface area contributed by atoms with Gasteiger partial charge in [0, 0.05) is 24.0 Å². The van der Waals surface area contributed by atoms with E-state index in [0.29, 0.717) is 25.1 Å². The molecule has 1 aromatic rings. The van der Waals surface area contributed by atoms with Crippen molar-refractivity contribution in [2.24, 2.45) is 0 Å². The highest BCUT2D eigenvalue weighted by molar-refractivity contribution is 9.09. The van der Waals surface area contributed by atoms with E-state index in [0.717, 1.165) is 24.3 Å². The molecule has 0 fully saturated rings. The minimum Gasteiger partial charge on any atom is -0.478 e. The molecule has 0 bridgehead atoms. The van der Waals surface area contributed by atoms with Crippen molar-refractivity contribution >= 4 is 21.7 Å². The van der Waals surface area contributed by atoms with Gasteiger partial charge in [-0.05, 0) is 20.8 Å². The smallest absolute Gasteiger partial charge is 0.218 e. The molecule has 0 saturated carbocycles. The fraction of sp³-hybridized carbons (Fsp3) is 0.692. The van der Waals surface area contributed by atoms with Crippen LogP contribution in [0.4, 0.5) is 5.82 Å². The zero-order valence-corrected chi connectivity index (χ0v) is 13.4. The van der Waals surface area contributed by atoms with Crippen LogP contribution in [-0.4, -0.2) is 47.7 Å². The minimum absolute atomic E-state index is 0.344. The normalized spacial score (nSPS) is 10.8. The number of halogens is 1. The van der Waals surface area contributed by atoms with Gasteiger partial charge in [-0.15, -0.1) is 0 Å². The maximum absolute atomic E-state index is 5.50. The van der Waals surface area contributed by atoms with Crippen molar-refractivity contribution in [2.45, 2.75) is 26.8 Å². The van der Waals surface area contributed by atoms with E-state index in [1.54, 1.807) is 0 Å². The molecule has 0 aliphatic rings. The molecule has 0 aliphatic carbocycles. The van der Waals surface area contributed by atoms with E-state index in [2.05, 4.69) is 44.6 Å². The number of anilines is 1. The maximum Gasteiger partial charge on any atom is 0.218 e. The van der Waals surface area contributed by atoms with Crippen LogP contribution in [0.2, 0.25) is 0 Å². The van der Waals surface area contributed by atoms with Crippen LogP contribution in [0.5, 0.6) is 5.88 Å². The van der Waals surface area contributed by atoms with Crippen LogP contribution in [0.15, 0.2) is 12.4 Å². The van der Waals surface area contributed by atoms with Gasteiger partial charge < -0.3 is 14.4 Å². The first-order valence-corrected chi connectivity index (χ1v) is 7.66. The number of hydrogen-bond donors (Lipinski definition) is 0. The molecule has 6 heteroatoms. The van der Waals surface area contributed by atoms with Crippen molar-refractivity contribution in [2.75, 3.05) is 36.6 Å². The van der Waals surface area contributed by atoms with Gasteiger partial charge in [0.1, 0.15) is 12.1 Å². The molecule has 1 rings (SSSR count). The SMILES string of the molecule is CCOc1cc(N(CCOCCBr)C(C)C)ncn1. The fourth-order valence-electron chi connectivity index (χ4n) is 1.67. The van der Waals surface area contributed by atoms with Crippen molar-refractivity contribution in [3.05, 3.63) is 12.4 Å². The Kier molecular flexibility index (Phi) is 7.74. The number of nitrogens with zero attached hydrogens (tertiary/aromatic N) is 3. The first-order valence-electron chi connectivity index (χ1n) is 6.54. The molecule has 1 aromatic heterocycles. The number of alkyl halides is 1. The van der Waals surface area contributed by atoms with Crippen molar-refractivity contribution in [3.8, 4) is 5.88 Å². The first kappa shape index (κ1) is 16.2. The van der Waals surface area contributed by atoms with Gasteiger partial charge in [-0.3, -0.25) is 0 Å². The molecular formula is C13H22BrN3O2. The maximum atomic E-state index is 5.50. The summed E-state index contributed by atoms with van der Waals surface area (Å²) < 4.78 is 10.9. The Labute approximate surface area is 123 Å². The zero-order valence-electron chi connectivity index (χ0n) is 11.8. The number of ether oxygens (including phenoxy) is 2. The average Bonchev–Trinajstić information content (AvgIpc) is 2.39. The second-order valence-electron chi connectivity index (χ2n) is 4.24. The van der Waals surface area contributed by atoms with Crippen molar-refractivity contribution in [1.82, 2.24) is 9.97 Å². The van der Waals surface area contributed by atoms with Gasteiger partial charge in [0.2, 0.25) is 5.88 Å². The molecule has 0 radical (unpaired) electrons. The summed E-state index contributed by atoms with van der Waals surface area (Å²) in [5, 5.41) is 0.858. The van der Waals surface area contributed by atoms with E-state index >= 15 is 0 Å². The molecule has 0 aliphatic heterocycles. The summed E-state index contributed by atoms with van der Waals surface area (Å²) in [4.78, 5) is 10.6. The molecule has 0 spiro atoms. The fourth-order valence-corrected chi connectivity index (χ4v) is 1.90. The molecule has 0 N–H and O–H groups in total. The third kappa shape index (κ3) is 5.74. The highest BCUT2D eigenvalue weighted by Crippen LogP contribution is 2.17. The summed E-state index contributed by atoms with van der Waals surface area (Å²) in [5.74, 6) is 1.48. The summed E-state index contributed by atoms with van der Waals surface area (Å²) in [7, 11) is 0. The predicted octanol–water partition coefficient (Wildman–Crippen LogP) is 2.50. The van der Waals surface area contributed by atoms with Gasteiger partial charge >= 0.3 is 0 Å². The Balaban J connectivity index is 2.66. The van der Waals surface area contributed by atoms with Crippen LogP contribution in [0.1, 0.15) is 20.8 Å². The quantitative estimate of drug-likeness (QED) is 0.514. The lowest BCUT2D eigenvalue weighted by Crippen LogP contribution is -2.34. The van der Waals surface area contributed by atoms with Crippen molar-refractivity contribution in [3.63, 3.8) is 0 Å². The van der Waals surface area contributed by atoms with E-state index in [9.17, 15) is 0 Å². The summed E-state index contributed by atoms with van der Waals surface area (Å²) >= 11 is 3.34. The minimum atomic E-state index is 0.344. The molecule has 0 atom stereocenters. The third-order valence-corrected chi connectivity index (χ3v) is 2.86. The van der Waals surface area contributed by atoms with Gasteiger partial charge in [0.05, 0.1) is 19.8 Å². The highest BCUT2D eigenvalue weighted by atomic mass is 79.9. The van der Waals surface area contributed by atoms with Gasteiger partial charge in [-0.25, -0.2) is 9.97 Å². The molecule has 0 unspecified atom stereocenters. The lowest BCUT2D eigenvalue weighted by molar-refractivity contribution is 0.156. The summed E-state index contributed by atoms with van der Waals surface area (Å²) in [6.07, 6.45) is 1.54. The van der Waals surface area contributed by atoms with Crippen LogP contribution in [-0.2, 0) is 4.74 Å². The van der Waals surface area contributed by atoms with Crippen molar-refractivity contribution in [1.29, 1.82) is 0 Å². The van der Waals surface area contributed by atoms with Gasteiger partial charge in [0.25, 0.3) is 0 Å². The van der Waals surface area contributed by atoms with E-state index in [-0.39, 0.29) is 0 Å². The van der Waals surface area contributed by atoms with E-state index in [1.807, 2.05) is 13.0 Å². The molecule has 19 heavy (non-hydrogen) atoms. The second-order valence-corrected chi connectivity index (χ2v) is 5.03. The molecule has 0 amide bonds. The van der Waals surface area contributed by atoms with Crippen LogP contribution in [0.25, 0.3) is 0 Å². The van der Waals surface area contributed by atoms with Gasteiger partial charge in [-0.2, -0.15) is 0 Å². The van der Waals surface area contributed by atoms with Crippen LogP contribution >= 0.6 is 15.9 Å². The first-order chi connectivity index (χ1) is 9.19. The highest BCUT2D eigenvalue weighted by Gasteiger charge is 2.13. The summed E-state index contributed by atoms with van der Waals surface area (Å²) in [6, 6.07) is 2.21. The Bertz CT molecular complexity index is 363. The van der Waals surface area contributed by atoms with Crippen LogP contribution in [0.3, 0.4) is 0 Å². The third-order valence-electron chi connectivity index (χ3n) is 2.54. The molecule has 0 aromatic carbocycles. The second kappa shape index (κ2) is 9.09. The number of aromatic nitrogens is 2. The lowest BCUT2D eigenvalue weighted by atomic mass is 10.3. The number of hydrogen-bond acceptors (Lipinski definition) is 5. The lowest BCUT2D eigenvalue weighted by Gasteiger charge is -2.27. The van der Waals surface area contributed by atoms with E-state index < -0.39 is 0 Å². The standard InChI is InChI=1S/C13H22BrN3O2/c1-4-19-13-9-12(15-10-16-13)17(11(2)3)6-8-18-7-5-14/h9-11H,4-8H2,1-3H3. The van der Waals surface area contributed by atoms with Gasteiger partial charge in [0.15, 0.2) is 0 Å². The van der Waals surface area contributed by atoms with Crippen LogP contribution in [0, 0.1) is 0 Å². The average molecular weight is 332 g/mol. The molecular weight excluding hydrogens is 310 g/mol. The zero-order chi connectivity index (χ0) is 14.1. The molecule has 1 heterocycles. The summed E-state index contributed by atoms with van der Waals surface area (Å²) in [5.41, 5.74) is 0. The topological polar surface area (TPSA) is 47.5 Å². The molecule has 5 nitrogen and oxygen atoms in total. The monoisotopic (exact) mass is 331 g/mol. The van der Waals surface area contributed by atoms with Crippen molar-refractivity contribution < 1.29 is 9.47 Å². The molecule has 108 valence electrons. The number of rotatable bonds is 9. The largest absolute Gasteiger partial charge is 0.478 e. The van der Waals surface area contributed by atoms with Gasteiger partial charge in [-0.1, -0.05) is 15.9 Å². The van der Waals surface area contributed by atoms with E-state index in [4.69, 9.17) is 9.47 Å². The Morgan fingerprint density at radius 3 is 2.74 bits per heavy atom. The summed E-state index contributed by atoms with van der Waals surface area (Å²) in [6.45, 7) is 9.01. The Morgan fingerprint density at radius 2 is 2.11 bits per heavy atom.